The van der Waals surface area contributed by atoms with Crippen LogP contribution in [0.2, 0.25) is 0 Å². The second kappa shape index (κ2) is 5.35. The third-order valence-corrected chi connectivity index (χ3v) is 2.12. The van der Waals surface area contributed by atoms with Gasteiger partial charge in [-0.1, -0.05) is 43.0 Å². The van der Waals surface area contributed by atoms with E-state index in [9.17, 15) is 13.2 Å². The van der Waals surface area contributed by atoms with E-state index in [1.165, 1.54) is 12.2 Å². The first-order valence-corrected chi connectivity index (χ1v) is 4.67. The van der Waals surface area contributed by atoms with Gasteiger partial charge in [0.25, 0.3) is 0 Å². The number of benzene rings is 1. The van der Waals surface area contributed by atoms with Crippen molar-refractivity contribution in [3.63, 3.8) is 0 Å². The zero-order valence-corrected chi connectivity index (χ0v) is 8.81. The zero-order valence-electron chi connectivity index (χ0n) is 8.81. The fourth-order valence-electron chi connectivity index (χ4n) is 1.38. The van der Waals surface area contributed by atoms with Crippen molar-refractivity contribution in [2.45, 2.75) is 6.92 Å². The van der Waals surface area contributed by atoms with Crippen molar-refractivity contribution in [1.29, 1.82) is 0 Å². The van der Waals surface area contributed by atoms with E-state index in [-0.39, 0.29) is 5.57 Å². The molecule has 0 aliphatic rings. The van der Waals surface area contributed by atoms with Crippen molar-refractivity contribution < 1.29 is 13.2 Å². The standard InChI is InChI=1S/C13H11F3/c1-3-6-11(12(14)13(15)16)10-8-5-4-7-9(10)2/h3-8H,1H2,2H3/b11-6+. The maximum atomic E-state index is 13.3. The highest BCUT2D eigenvalue weighted by Crippen LogP contribution is 2.29. The molecule has 0 aliphatic carbocycles. The summed E-state index contributed by atoms with van der Waals surface area (Å²) in [6.07, 6.45) is 0.192. The first kappa shape index (κ1) is 12.3. The summed E-state index contributed by atoms with van der Waals surface area (Å²) in [5, 5.41) is 0. The van der Waals surface area contributed by atoms with E-state index in [0.717, 1.165) is 5.56 Å². The number of halogens is 3. The summed E-state index contributed by atoms with van der Waals surface area (Å²) in [6.45, 7) is 5.12. The minimum absolute atomic E-state index is 0.145. The maximum Gasteiger partial charge on any atom is 0.306 e. The summed E-state index contributed by atoms with van der Waals surface area (Å²) in [7, 11) is 0. The van der Waals surface area contributed by atoms with Gasteiger partial charge in [0.1, 0.15) is 0 Å². The van der Waals surface area contributed by atoms with Crippen LogP contribution in [-0.2, 0) is 0 Å². The fourth-order valence-corrected chi connectivity index (χ4v) is 1.38. The van der Waals surface area contributed by atoms with Crippen molar-refractivity contribution >= 4 is 5.57 Å². The van der Waals surface area contributed by atoms with Crippen LogP contribution in [-0.4, -0.2) is 0 Å². The van der Waals surface area contributed by atoms with Crippen LogP contribution in [0.5, 0.6) is 0 Å². The van der Waals surface area contributed by atoms with E-state index in [2.05, 4.69) is 6.58 Å². The number of hydrogen-bond donors (Lipinski definition) is 0. The molecular formula is C13H11F3. The van der Waals surface area contributed by atoms with Crippen LogP contribution in [0.1, 0.15) is 11.1 Å². The molecule has 1 aromatic carbocycles. The normalized spacial score (nSPS) is 11.1. The van der Waals surface area contributed by atoms with E-state index in [1.807, 2.05) is 0 Å². The molecule has 16 heavy (non-hydrogen) atoms. The Balaban J connectivity index is 3.36. The van der Waals surface area contributed by atoms with Crippen LogP contribution in [0.4, 0.5) is 13.2 Å². The van der Waals surface area contributed by atoms with Crippen LogP contribution in [0.15, 0.2) is 54.9 Å². The van der Waals surface area contributed by atoms with Crippen LogP contribution in [0.3, 0.4) is 0 Å². The van der Waals surface area contributed by atoms with Gasteiger partial charge >= 0.3 is 6.08 Å². The molecule has 3 heteroatoms. The van der Waals surface area contributed by atoms with Gasteiger partial charge in [0.2, 0.25) is 0 Å². The molecule has 1 aromatic rings. The third-order valence-electron chi connectivity index (χ3n) is 2.12. The highest BCUT2D eigenvalue weighted by molar-refractivity contribution is 5.79. The molecule has 0 atom stereocenters. The molecule has 0 bridgehead atoms. The Labute approximate surface area is 92.4 Å². The van der Waals surface area contributed by atoms with Crippen molar-refractivity contribution in [2.75, 3.05) is 0 Å². The fraction of sp³-hybridized carbons (Fsp3) is 0.0769. The van der Waals surface area contributed by atoms with Crippen molar-refractivity contribution in [3.8, 4) is 0 Å². The SMILES string of the molecule is C=C/C=C(/C(F)=C(F)F)c1ccccc1C. The Hall–Kier alpha value is -1.77. The Morgan fingerprint density at radius 1 is 1.19 bits per heavy atom. The second-order valence-corrected chi connectivity index (χ2v) is 3.21. The lowest BCUT2D eigenvalue weighted by Crippen LogP contribution is -1.90. The average molecular weight is 224 g/mol. The van der Waals surface area contributed by atoms with Crippen molar-refractivity contribution in [2.24, 2.45) is 0 Å². The molecule has 0 heterocycles. The van der Waals surface area contributed by atoms with Gasteiger partial charge in [0, 0.05) is 5.57 Å². The Morgan fingerprint density at radius 2 is 1.81 bits per heavy atom. The van der Waals surface area contributed by atoms with Crippen LogP contribution in [0, 0.1) is 6.92 Å². The van der Waals surface area contributed by atoms with Gasteiger partial charge in [-0.2, -0.15) is 8.78 Å². The quantitative estimate of drug-likeness (QED) is 0.656. The van der Waals surface area contributed by atoms with Crippen LogP contribution < -0.4 is 0 Å². The Bertz CT molecular complexity index is 452. The van der Waals surface area contributed by atoms with Gasteiger partial charge in [-0.05, 0) is 18.1 Å². The van der Waals surface area contributed by atoms with E-state index in [1.54, 1.807) is 31.2 Å². The van der Waals surface area contributed by atoms with Gasteiger partial charge in [-0.3, -0.25) is 0 Å². The topological polar surface area (TPSA) is 0 Å². The molecule has 1 rings (SSSR count). The lowest BCUT2D eigenvalue weighted by molar-refractivity contribution is 0.389. The molecule has 0 radical (unpaired) electrons. The summed E-state index contributed by atoms with van der Waals surface area (Å²) >= 11 is 0. The summed E-state index contributed by atoms with van der Waals surface area (Å²) in [6, 6.07) is 6.75. The molecule has 84 valence electrons. The molecule has 0 aliphatic heterocycles. The van der Waals surface area contributed by atoms with Crippen molar-refractivity contribution in [1.82, 2.24) is 0 Å². The van der Waals surface area contributed by atoms with E-state index in [4.69, 9.17) is 0 Å². The van der Waals surface area contributed by atoms with Crippen LogP contribution in [0.25, 0.3) is 5.57 Å². The predicted octanol–water partition coefficient (Wildman–Crippen LogP) is 4.64. The smallest absolute Gasteiger partial charge is 0.200 e. The molecular weight excluding hydrogens is 213 g/mol. The third kappa shape index (κ3) is 2.63. The molecule has 0 unspecified atom stereocenters. The molecule has 0 N–H and O–H groups in total. The Kier molecular flexibility index (Phi) is 4.11. The summed E-state index contributed by atoms with van der Waals surface area (Å²) in [5.74, 6) is -1.51. The average Bonchev–Trinajstić information content (AvgIpc) is 2.26. The molecule has 0 nitrogen and oxygen atoms in total. The minimum Gasteiger partial charge on any atom is -0.200 e. The number of aryl methyl sites for hydroxylation is 1. The summed E-state index contributed by atoms with van der Waals surface area (Å²) in [5.41, 5.74) is 1.02. The van der Waals surface area contributed by atoms with E-state index in [0.29, 0.717) is 5.56 Å². The van der Waals surface area contributed by atoms with E-state index < -0.39 is 11.9 Å². The minimum atomic E-state index is -2.32. The number of allylic oxidation sites excluding steroid dienone is 4. The molecule has 0 fully saturated rings. The monoisotopic (exact) mass is 224 g/mol. The number of rotatable bonds is 3. The zero-order chi connectivity index (χ0) is 12.1. The molecule has 0 saturated carbocycles. The number of hydrogen-bond acceptors (Lipinski definition) is 0. The van der Waals surface area contributed by atoms with E-state index >= 15 is 0 Å². The second-order valence-electron chi connectivity index (χ2n) is 3.21. The van der Waals surface area contributed by atoms with Gasteiger partial charge < -0.3 is 0 Å². The Morgan fingerprint density at radius 3 is 2.31 bits per heavy atom. The summed E-state index contributed by atoms with van der Waals surface area (Å²) < 4.78 is 37.8. The lowest BCUT2D eigenvalue weighted by Gasteiger charge is -2.07. The predicted molar refractivity (Wildman–Crippen MR) is 59.7 cm³/mol. The molecule has 0 saturated heterocycles. The highest BCUT2D eigenvalue weighted by atomic mass is 19.3. The van der Waals surface area contributed by atoms with Crippen molar-refractivity contribution in [3.05, 3.63) is 66.0 Å². The lowest BCUT2D eigenvalue weighted by atomic mass is 9.99. The first-order valence-electron chi connectivity index (χ1n) is 4.67. The van der Waals surface area contributed by atoms with Gasteiger partial charge in [0.15, 0.2) is 5.83 Å². The largest absolute Gasteiger partial charge is 0.306 e. The first-order chi connectivity index (χ1) is 7.57. The van der Waals surface area contributed by atoms with Gasteiger partial charge in [-0.25, -0.2) is 4.39 Å². The highest BCUT2D eigenvalue weighted by Gasteiger charge is 2.14. The maximum absolute atomic E-state index is 13.3. The van der Waals surface area contributed by atoms with Gasteiger partial charge in [0.05, 0.1) is 0 Å². The molecule has 0 aromatic heterocycles. The van der Waals surface area contributed by atoms with Gasteiger partial charge in [-0.15, -0.1) is 0 Å². The molecule has 0 spiro atoms. The summed E-state index contributed by atoms with van der Waals surface area (Å²) in [4.78, 5) is 0. The molecule has 0 amide bonds. The van der Waals surface area contributed by atoms with Crippen LogP contribution >= 0.6 is 0 Å².